The lowest BCUT2D eigenvalue weighted by atomic mass is 9.90. The molecule has 13 nitrogen and oxygen atoms in total. The Labute approximate surface area is 217 Å². The molecule has 0 saturated carbocycles. The molecule has 0 bridgehead atoms. The highest BCUT2D eigenvalue weighted by molar-refractivity contribution is 4.83. The molecule has 0 aliphatic heterocycles. The van der Waals surface area contributed by atoms with Gasteiger partial charge in [-0.2, -0.15) is 0 Å². The lowest BCUT2D eigenvalue weighted by Gasteiger charge is -2.37. The van der Waals surface area contributed by atoms with E-state index < -0.39 is 10.8 Å². The fourth-order valence-corrected chi connectivity index (χ4v) is 3.31. The minimum Gasteiger partial charge on any atom is -0.380 e. The van der Waals surface area contributed by atoms with Gasteiger partial charge in [-0.15, -0.1) is 0 Å². The minimum atomic E-state index is -0.598. The highest BCUT2D eigenvalue weighted by Gasteiger charge is 2.36. The summed E-state index contributed by atoms with van der Waals surface area (Å²) >= 11 is 0. The van der Waals surface area contributed by atoms with Crippen LogP contribution in [0.1, 0.15) is 6.92 Å². The van der Waals surface area contributed by atoms with Crippen LogP contribution in [-0.2, 0) is 33.2 Å². The molecule has 0 aromatic rings. The fraction of sp³-hybridized carbons (Fsp3) is 1.00. The molecule has 0 radical (unpaired) electrons. The van der Waals surface area contributed by atoms with Crippen molar-refractivity contribution in [1.29, 1.82) is 0 Å². The summed E-state index contributed by atoms with van der Waals surface area (Å²) in [6.07, 6.45) is 0. The predicted octanol–water partition coefficient (Wildman–Crippen LogP) is -2.78. The van der Waals surface area contributed by atoms with Crippen LogP contribution in [0.15, 0.2) is 0 Å². The average Bonchev–Trinajstić information content (AvgIpc) is 2.84. The molecule has 0 saturated heterocycles. The Morgan fingerprint density at radius 2 is 0.694 bits per heavy atom. The Hall–Kier alpha value is -0.520. The molecule has 0 aliphatic carbocycles. The summed E-state index contributed by atoms with van der Waals surface area (Å²) in [4.78, 5) is 0. The second kappa shape index (κ2) is 23.6. The second-order valence-electron chi connectivity index (χ2n) is 9.19. The van der Waals surface area contributed by atoms with Crippen LogP contribution in [0.3, 0.4) is 0 Å². The first-order valence-corrected chi connectivity index (χ1v) is 12.7. The standard InChI is InChI=1S/C23H54N6O7/c1-21(29)12-35-18-23(16-33-10-5-27,17-34-11-6-28)20-36-19-22(13-30-7-2-24,14-31-8-3-25)15-32-9-4-26/h21H,2-20,24-29H2,1H3. The Morgan fingerprint density at radius 1 is 0.444 bits per heavy atom. The molecular weight excluding hydrogens is 472 g/mol. The van der Waals surface area contributed by atoms with Crippen molar-refractivity contribution in [1.82, 2.24) is 0 Å². The van der Waals surface area contributed by atoms with Gasteiger partial charge >= 0.3 is 0 Å². The molecular formula is C23H54N6O7. The Morgan fingerprint density at radius 3 is 0.944 bits per heavy atom. The van der Waals surface area contributed by atoms with Crippen LogP contribution in [0.4, 0.5) is 0 Å². The topological polar surface area (TPSA) is 221 Å². The molecule has 1 unspecified atom stereocenters. The van der Waals surface area contributed by atoms with Crippen LogP contribution >= 0.6 is 0 Å². The lowest BCUT2D eigenvalue weighted by molar-refractivity contribution is -0.141. The monoisotopic (exact) mass is 526 g/mol. The van der Waals surface area contributed by atoms with Crippen LogP contribution in [0, 0.1) is 10.8 Å². The smallest absolute Gasteiger partial charge is 0.0637 e. The van der Waals surface area contributed by atoms with E-state index in [-0.39, 0.29) is 19.3 Å². The van der Waals surface area contributed by atoms with Crippen molar-refractivity contribution in [2.45, 2.75) is 13.0 Å². The molecule has 0 heterocycles. The van der Waals surface area contributed by atoms with Gasteiger partial charge in [-0.1, -0.05) is 0 Å². The molecule has 0 spiro atoms. The quantitative estimate of drug-likeness (QED) is 0.0568. The maximum absolute atomic E-state index is 6.31. The number of nitrogens with two attached hydrogens (primary N) is 6. The zero-order valence-electron chi connectivity index (χ0n) is 22.3. The zero-order valence-corrected chi connectivity index (χ0v) is 22.3. The highest BCUT2D eigenvalue weighted by atomic mass is 16.5. The molecule has 0 fully saturated rings. The van der Waals surface area contributed by atoms with Crippen LogP contribution in [0.2, 0.25) is 0 Å². The lowest BCUT2D eigenvalue weighted by Crippen LogP contribution is -2.47. The Bertz CT molecular complexity index is 444. The van der Waals surface area contributed by atoms with E-state index in [0.717, 1.165) is 0 Å². The van der Waals surface area contributed by atoms with Crippen molar-refractivity contribution in [3.05, 3.63) is 0 Å². The van der Waals surface area contributed by atoms with Crippen molar-refractivity contribution in [2.75, 3.05) is 125 Å². The van der Waals surface area contributed by atoms with Gasteiger partial charge in [0.2, 0.25) is 0 Å². The molecule has 0 amide bonds. The molecule has 1 atom stereocenters. The van der Waals surface area contributed by atoms with Crippen molar-refractivity contribution >= 4 is 0 Å². The van der Waals surface area contributed by atoms with E-state index >= 15 is 0 Å². The second-order valence-corrected chi connectivity index (χ2v) is 9.19. The van der Waals surface area contributed by atoms with Gasteiger partial charge in [0, 0.05) is 38.8 Å². The van der Waals surface area contributed by atoms with Gasteiger partial charge in [0.15, 0.2) is 0 Å². The molecule has 0 aliphatic rings. The molecule has 0 aromatic carbocycles. The summed E-state index contributed by atoms with van der Waals surface area (Å²) in [5.74, 6) is 0. The van der Waals surface area contributed by atoms with Gasteiger partial charge in [0.25, 0.3) is 0 Å². The maximum Gasteiger partial charge on any atom is 0.0637 e. The van der Waals surface area contributed by atoms with Crippen molar-refractivity contribution in [3.8, 4) is 0 Å². The van der Waals surface area contributed by atoms with E-state index in [1.54, 1.807) is 0 Å². The van der Waals surface area contributed by atoms with E-state index in [0.29, 0.717) is 112 Å². The molecule has 0 aromatic heterocycles. The first-order chi connectivity index (χ1) is 17.4. The number of hydrogen-bond acceptors (Lipinski definition) is 13. The SMILES string of the molecule is CC(N)COCC(COCCN)(COCCN)COCC(COCCN)(COCCN)COCCN. The maximum atomic E-state index is 6.31. The largest absolute Gasteiger partial charge is 0.380 e. The van der Waals surface area contributed by atoms with Crippen LogP contribution in [0.25, 0.3) is 0 Å². The third-order valence-corrected chi connectivity index (χ3v) is 4.96. The summed E-state index contributed by atoms with van der Waals surface area (Å²) in [5.41, 5.74) is 32.8. The van der Waals surface area contributed by atoms with E-state index in [1.165, 1.54) is 0 Å². The minimum absolute atomic E-state index is 0.106. The van der Waals surface area contributed by atoms with E-state index in [4.69, 9.17) is 67.6 Å². The van der Waals surface area contributed by atoms with Gasteiger partial charge < -0.3 is 67.6 Å². The van der Waals surface area contributed by atoms with E-state index in [9.17, 15) is 0 Å². The fourth-order valence-electron chi connectivity index (χ4n) is 3.31. The molecule has 36 heavy (non-hydrogen) atoms. The molecule has 0 rings (SSSR count). The average molecular weight is 527 g/mol. The number of ether oxygens (including phenoxy) is 7. The Balaban J connectivity index is 5.55. The zero-order chi connectivity index (χ0) is 27.0. The summed E-state index contributed by atoms with van der Waals surface area (Å²) < 4.78 is 41.2. The predicted molar refractivity (Wildman–Crippen MR) is 140 cm³/mol. The van der Waals surface area contributed by atoms with Crippen molar-refractivity contribution in [2.24, 2.45) is 45.2 Å². The first-order valence-electron chi connectivity index (χ1n) is 12.7. The summed E-state index contributed by atoms with van der Waals surface area (Å²) in [7, 11) is 0. The third-order valence-electron chi connectivity index (χ3n) is 4.96. The summed E-state index contributed by atoms with van der Waals surface area (Å²) in [6, 6.07) is -0.106. The van der Waals surface area contributed by atoms with Gasteiger partial charge in [-0.3, -0.25) is 0 Å². The first kappa shape index (κ1) is 35.5. The van der Waals surface area contributed by atoms with Gasteiger partial charge in [0.05, 0.1) is 103 Å². The van der Waals surface area contributed by atoms with Crippen molar-refractivity contribution < 1.29 is 33.2 Å². The van der Waals surface area contributed by atoms with Gasteiger partial charge in [-0.25, -0.2) is 0 Å². The van der Waals surface area contributed by atoms with E-state index in [2.05, 4.69) is 0 Å². The summed E-state index contributed by atoms with van der Waals surface area (Å²) in [5, 5.41) is 0. The van der Waals surface area contributed by atoms with Crippen LogP contribution in [-0.4, -0.2) is 131 Å². The third kappa shape index (κ3) is 17.9. The molecule has 218 valence electrons. The van der Waals surface area contributed by atoms with E-state index in [1.807, 2.05) is 6.92 Å². The molecule has 13 heteroatoms. The van der Waals surface area contributed by atoms with Crippen LogP contribution < -0.4 is 34.4 Å². The van der Waals surface area contributed by atoms with Crippen LogP contribution in [0.5, 0.6) is 0 Å². The highest BCUT2D eigenvalue weighted by Crippen LogP contribution is 2.25. The van der Waals surface area contributed by atoms with Gasteiger partial charge in [0.1, 0.15) is 0 Å². The normalized spacial score (nSPS) is 13.4. The van der Waals surface area contributed by atoms with Gasteiger partial charge in [-0.05, 0) is 6.92 Å². The van der Waals surface area contributed by atoms with Crippen molar-refractivity contribution in [3.63, 3.8) is 0 Å². The number of hydrogen-bond donors (Lipinski definition) is 6. The summed E-state index contributed by atoms with van der Waals surface area (Å²) in [6.45, 7) is 8.89. The number of rotatable bonds is 28. The molecule has 12 N–H and O–H groups in total. The Kier molecular flexibility index (Phi) is 23.2.